The lowest BCUT2D eigenvalue weighted by molar-refractivity contribution is -0.132. The summed E-state index contributed by atoms with van der Waals surface area (Å²) in [5.74, 6) is 0.454. The van der Waals surface area contributed by atoms with E-state index in [0.29, 0.717) is 32.0 Å². The normalized spacial score (nSPS) is 14.9. The van der Waals surface area contributed by atoms with Gasteiger partial charge in [-0.05, 0) is 52.0 Å². The molecule has 2 N–H and O–H groups in total. The Hall–Kier alpha value is -2.57. The molecule has 1 fully saturated rings. The number of nitrogens with zero attached hydrogens (tertiary/aromatic N) is 1. The summed E-state index contributed by atoms with van der Waals surface area (Å²) in [6.07, 6.45) is 1.89. The number of aryl methyl sites for hydroxylation is 1. The molecule has 0 bridgehead atoms. The van der Waals surface area contributed by atoms with E-state index in [0.717, 1.165) is 24.0 Å². The standard InChI is InChI=1S/C23H35N3O4/c1-17-6-5-7-19(14-17)15-20(27)25-16-18-9-12-26(13-10-18)21(28)8-11-24-22(29)30-23(2,3)4/h5-7,14,18H,8-13,15-16H2,1-4H3,(H,24,29)(H,25,27). The van der Waals surface area contributed by atoms with Crippen molar-refractivity contribution in [1.82, 2.24) is 15.5 Å². The van der Waals surface area contributed by atoms with Crippen LogP contribution in [-0.4, -0.2) is 54.6 Å². The summed E-state index contributed by atoms with van der Waals surface area (Å²) in [6, 6.07) is 7.98. The fourth-order valence-electron chi connectivity index (χ4n) is 3.46. The second-order valence-corrected chi connectivity index (χ2v) is 8.97. The maximum Gasteiger partial charge on any atom is 0.407 e. The molecule has 1 aliphatic rings. The third-order valence-electron chi connectivity index (χ3n) is 5.01. The Bertz CT molecular complexity index is 734. The van der Waals surface area contributed by atoms with Gasteiger partial charge in [0.2, 0.25) is 11.8 Å². The molecule has 0 spiro atoms. The van der Waals surface area contributed by atoms with E-state index in [2.05, 4.69) is 10.6 Å². The third kappa shape index (κ3) is 8.84. The zero-order valence-electron chi connectivity index (χ0n) is 18.6. The number of amides is 3. The van der Waals surface area contributed by atoms with Crippen molar-refractivity contribution in [1.29, 1.82) is 0 Å². The van der Waals surface area contributed by atoms with Gasteiger partial charge >= 0.3 is 6.09 Å². The molecule has 30 heavy (non-hydrogen) atoms. The molecule has 1 aromatic rings. The van der Waals surface area contributed by atoms with Gasteiger partial charge in [-0.3, -0.25) is 9.59 Å². The summed E-state index contributed by atoms with van der Waals surface area (Å²) < 4.78 is 5.16. The molecule has 0 atom stereocenters. The first-order valence-electron chi connectivity index (χ1n) is 10.7. The minimum absolute atomic E-state index is 0.0346. The maximum atomic E-state index is 12.3. The lowest BCUT2D eigenvalue weighted by Crippen LogP contribution is -2.43. The highest BCUT2D eigenvalue weighted by Gasteiger charge is 2.23. The molecule has 0 aromatic heterocycles. The van der Waals surface area contributed by atoms with Crippen molar-refractivity contribution in [2.45, 2.75) is 59.0 Å². The van der Waals surface area contributed by atoms with Gasteiger partial charge in [-0.25, -0.2) is 4.79 Å². The van der Waals surface area contributed by atoms with Gasteiger partial charge in [0, 0.05) is 32.6 Å². The van der Waals surface area contributed by atoms with Crippen molar-refractivity contribution in [2.75, 3.05) is 26.2 Å². The van der Waals surface area contributed by atoms with Crippen molar-refractivity contribution < 1.29 is 19.1 Å². The van der Waals surface area contributed by atoms with Gasteiger partial charge in [0.05, 0.1) is 6.42 Å². The summed E-state index contributed by atoms with van der Waals surface area (Å²) in [5, 5.41) is 5.64. The van der Waals surface area contributed by atoms with Gasteiger partial charge in [0.15, 0.2) is 0 Å². The fourth-order valence-corrected chi connectivity index (χ4v) is 3.46. The van der Waals surface area contributed by atoms with Crippen LogP contribution in [-0.2, 0) is 20.7 Å². The first-order chi connectivity index (χ1) is 14.1. The molecule has 1 saturated heterocycles. The minimum atomic E-state index is -0.550. The van der Waals surface area contributed by atoms with Crippen LogP contribution in [0.5, 0.6) is 0 Å². The molecule has 166 valence electrons. The van der Waals surface area contributed by atoms with Crippen molar-refractivity contribution >= 4 is 17.9 Å². The Balaban J connectivity index is 1.61. The van der Waals surface area contributed by atoms with Crippen molar-refractivity contribution in [3.05, 3.63) is 35.4 Å². The van der Waals surface area contributed by atoms with E-state index >= 15 is 0 Å². The molecule has 0 aliphatic carbocycles. The lowest BCUT2D eigenvalue weighted by atomic mass is 9.96. The van der Waals surface area contributed by atoms with Gasteiger partial charge in [-0.1, -0.05) is 29.8 Å². The number of piperidine rings is 1. The predicted octanol–water partition coefficient (Wildman–Crippen LogP) is 2.81. The van der Waals surface area contributed by atoms with Crippen LogP contribution < -0.4 is 10.6 Å². The highest BCUT2D eigenvalue weighted by molar-refractivity contribution is 5.78. The second-order valence-electron chi connectivity index (χ2n) is 8.97. The number of ether oxygens (including phenoxy) is 1. The molecule has 7 heteroatoms. The second kappa shape index (κ2) is 11.0. The molecule has 0 unspecified atom stereocenters. The number of rotatable bonds is 7. The number of likely N-dealkylation sites (tertiary alicyclic amines) is 1. The molecule has 2 rings (SSSR count). The lowest BCUT2D eigenvalue weighted by Gasteiger charge is -2.32. The Kier molecular flexibility index (Phi) is 8.69. The Morgan fingerprint density at radius 2 is 1.83 bits per heavy atom. The quantitative estimate of drug-likeness (QED) is 0.714. The summed E-state index contributed by atoms with van der Waals surface area (Å²) in [7, 11) is 0. The number of alkyl carbamates (subject to hydrolysis) is 1. The highest BCUT2D eigenvalue weighted by atomic mass is 16.6. The van der Waals surface area contributed by atoms with E-state index in [-0.39, 0.29) is 24.8 Å². The van der Waals surface area contributed by atoms with Crippen LogP contribution in [0, 0.1) is 12.8 Å². The Morgan fingerprint density at radius 1 is 1.13 bits per heavy atom. The maximum absolute atomic E-state index is 12.3. The summed E-state index contributed by atoms with van der Waals surface area (Å²) in [4.78, 5) is 38.0. The number of hydrogen-bond acceptors (Lipinski definition) is 4. The SMILES string of the molecule is Cc1cccc(CC(=O)NCC2CCN(C(=O)CCNC(=O)OC(C)(C)C)CC2)c1. The van der Waals surface area contributed by atoms with E-state index in [4.69, 9.17) is 4.74 Å². The largest absolute Gasteiger partial charge is 0.444 e. The molecule has 0 radical (unpaired) electrons. The summed E-state index contributed by atoms with van der Waals surface area (Å²) in [6.45, 7) is 9.69. The minimum Gasteiger partial charge on any atom is -0.444 e. The molecule has 1 aliphatic heterocycles. The molecule has 3 amide bonds. The molecular weight excluding hydrogens is 382 g/mol. The molecule has 1 heterocycles. The first-order valence-corrected chi connectivity index (χ1v) is 10.7. The first kappa shape index (κ1) is 23.7. The number of benzene rings is 1. The van der Waals surface area contributed by atoms with Gasteiger partial charge in [-0.2, -0.15) is 0 Å². The van der Waals surface area contributed by atoms with Crippen LogP contribution in [0.4, 0.5) is 4.79 Å². The van der Waals surface area contributed by atoms with Crippen LogP contribution in [0.15, 0.2) is 24.3 Å². The number of hydrogen-bond donors (Lipinski definition) is 2. The van der Waals surface area contributed by atoms with E-state index < -0.39 is 11.7 Å². The molecule has 1 aromatic carbocycles. The highest BCUT2D eigenvalue weighted by Crippen LogP contribution is 2.17. The summed E-state index contributed by atoms with van der Waals surface area (Å²) in [5.41, 5.74) is 1.62. The van der Waals surface area contributed by atoms with Crippen LogP contribution in [0.1, 0.15) is 51.2 Å². The van der Waals surface area contributed by atoms with Crippen LogP contribution in [0.2, 0.25) is 0 Å². The number of carbonyl (C=O) groups is 3. The van der Waals surface area contributed by atoms with Gasteiger partial charge in [0.25, 0.3) is 0 Å². The van der Waals surface area contributed by atoms with E-state index in [1.54, 1.807) is 20.8 Å². The number of carbonyl (C=O) groups excluding carboxylic acids is 3. The third-order valence-corrected chi connectivity index (χ3v) is 5.01. The monoisotopic (exact) mass is 417 g/mol. The molecule has 0 saturated carbocycles. The van der Waals surface area contributed by atoms with Gasteiger partial charge < -0.3 is 20.3 Å². The topological polar surface area (TPSA) is 87.7 Å². The van der Waals surface area contributed by atoms with Crippen LogP contribution >= 0.6 is 0 Å². The van der Waals surface area contributed by atoms with Gasteiger partial charge in [-0.15, -0.1) is 0 Å². The Labute approximate surface area is 179 Å². The Morgan fingerprint density at radius 3 is 2.47 bits per heavy atom. The zero-order valence-corrected chi connectivity index (χ0v) is 18.6. The van der Waals surface area contributed by atoms with E-state index in [1.807, 2.05) is 36.1 Å². The fraction of sp³-hybridized carbons (Fsp3) is 0.609. The smallest absolute Gasteiger partial charge is 0.407 e. The average molecular weight is 418 g/mol. The van der Waals surface area contributed by atoms with Crippen molar-refractivity contribution in [3.8, 4) is 0 Å². The van der Waals surface area contributed by atoms with Crippen LogP contribution in [0.3, 0.4) is 0 Å². The molecular formula is C23H35N3O4. The predicted molar refractivity (Wildman–Crippen MR) is 116 cm³/mol. The van der Waals surface area contributed by atoms with Crippen molar-refractivity contribution in [3.63, 3.8) is 0 Å². The zero-order chi connectivity index (χ0) is 22.1. The average Bonchev–Trinajstić information content (AvgIpc) is 2.65. The summed E-state index contributed by atoms with van der Waals surface area (Å²) >= 11 is 0. The molecule has 7 nitrogen and oxygen atoms in total. The van der Waals surface area contributed by atoms with Crippen molar-refractivity contribution in [2.24, 2.45) is 5.92 Å². The number of nitrogens with one attached hydrogen (secondary N) is 2. The van der Waals surface area contributed by atoms with Crippen LogP contribution in [0.25, 0.3) is 0 Å². The van der Waals surface area contributed by atoms with Gasteiger partial charge in [0.1, 0.15) is 5.60 Å². The van der Waals surface area contributed by atoms with E-state index in [9.17, 15) is 14.4 Å². The van der Waals surface area contributed by atoms with E-state index in [1.165, 1.54) is 0 Å².